The van der Waals surface area contributed by atoms with Crippen molar-refractivity contribution in [1.29, 1.82) is 0 Å². The fourth-order valence-electron chi connectivity index (χ4n) is 2.39. The van der Waals surface area contributed by atoms with Gasteiger partial charge in [0.05, 0.1) is 19.4 Å². The van der Waals surface area contributed by atoms with Gasteiger partial charge in [-0.3, -0.25) is 4.98 Å². The molecule has 3 aromatic rings. The molecule has 0 aliphatic rings. The molecule has 0 saturated heterocycles. The minimum Gasteiger partial charge on any atom is -0.466 e. The number of pyridine rings is 1. The van der Waals surface area contributed by atoms with Crippen LogP contribution in [-0.2, 0) is 9.53 Å². The largest absolute Gasteiger partial charge is 0.466 e. The summed E-state index contributed by atoms with van der Waals surface area (Å²) in [5.41, 5.74) is 1.89. The number of rotatable bonds is 4. The average molecular weight is 305 g/mol. The molecular formula is C19H15NO3. The van der Waals surface area contributed by atoms with Crippen molar-refractivity contribution in [3.8, 4) is 16.9 Å². The number of esters is 1. The molecule has 1 aromatic heterocycles. The van der Waals surface area contributed by atoms with Crippen LogP contribution in [0.3, 0.4) is 0 Å². The van der Waals surface area contributed by atoms with E-state index in [1.807, 2.05) is 48.5 Å². The Balaban J connectivity index is 2.10. The van der Waals surface area contributed by atoms with Crippen molar-refractivity contribution in [3.05, 3.63) is 73.3 Å². The SMILES string of the molecule is COC(=O)/C=C/Oc1ccc2ccccc2c1-c1cccnc1. The predicted molar refractivity (Wildman–Crippen MR) is 89.0 cm³/mol. The molecule has 3 rings (SSSR count). The molecule has 0 N–H and O–H groups in total. The molecule has 0 saturated carbocycles. The van der Waals surface area contributed by atoms with E-state index >= 15 is 0 Å². The normalized spacial score (nSPS) is 10.8. The Bertz CT molecular complexity index is 857. The molecule has 0 bridgehead atoms. The Morgan fingerprint density at radius 3 is 2.74 bits per heavy atom. The highest BCUT2D eigenvalue weighted by atomic mass is 16.5. The van der Waals surface area contributed by atoms with Gasteiger partial charge in [0.25, 0.3) is 0 Å². The third-order valence-corrected chi connectivity index (χ3v) is 3.44. The fourth-order valence-corrected chi connectivity index (χ4v) is 2.39. The van der Waals surface area contributed by atoms with Crippen molar-refractivity contribution in [2.45, 2.75) is 0 Å². The number of methoxy groups -OCH3 is 1. The van der Waals surface area contributed by atoms with Gasteiger partial charge in [0.1, 0.15) is 5.75 Å². The van der Waals surface area contributed by atoms with E-state index < -0.39 is 5.97 Å². The first-order chi connectivity index (χ1) is 11.3. The van der Waals surface area contributed by atoms with Crippen LogP contribution in [0, 0.1) is 0 Å². The number of nitrogens with zero attached hydrogens (tertiary/aromatic N) is 1. The van der Waals surface area contributed by atoms with Gasteiger partial charge in [-0.15, -0.1) is 0 Å². The molecule has 1 heterocycles. The van der Waals surface area contributed by atoms with Crippen LogP contribution in [0.1, 0.15) is 0 Å². The number of carbonyl (C=O) groups is 1. The van der Waals surface area contributed by atoms with Crippen molar-refractivity contribution < 1.29 is 14.3 Å². The van der Waals surface area contributed by atoms with E-state index in [1.54, 1.807) is 12.4 Å². The van der Waals surface area contributed by atoms with E-state index in [-0.39, 0.29) is 0 Å². The van der Waals surface area contributed by atoms with Gasteiger partial charge in [0.15, 0.2) is 0 Å². The molecule has 2 aromatic carbocycles. The van der Waals surface area contributed by atoms with E-state index in [1.165, 1.54) is 19.4 Å². The number of ether oxygens (including phenoxy) is 2. The van der Waals surface area contributed by atoms with Crippen LogP contribution in [0.25, 0.3) is 21.9 Å². The quantitative estimate of drug-likeness (QED) is 0.416. The topological polar surface area (TPSA) is 48.4 Å². The van der Waals surface area contributed by atoms with Crippen LogP contribution in [0.2, 0.25) is 0 Å². The maximum absolute atomic E-state index is 11.2. The second-order valence-electron chi connectivity index (χ2n) is 4.85. The van der Waals surface area contributed by atoms with Crippen molar-refractivity contribution in [2.75, 3.05) is 7.11 Å². The van der Waals surface area contributed by atoms with Gasteiger partial charge < -0.3 is 9.47 Å². The summed E-state index contributed by atoms with van der Waals surface area (Å²) >= 11 is 0. The molecule has 0 aliphatic carbocycles. The fraction of sp³-hybridized carbons (Fsp3) is 0.0526. The summed E-state index contributed by atoms with van der Waals surface area (Å²) in [6, 6.07) is 15.8. The lowest BCUT2D eigenvalue weighted by Crippen LogP contribution is -1.96. The molecule has 0 fully saturated rings. The van der Waals surface area contributed by atoms with E-state index in [0.717, 1.165) is 21.9 Å². The average Bonchev–Trinajstić information content (AvgIpc) is 2.62. The minimum absolute atomic E-state index is 0.464. The standard InChI is InChI=1S/C19H15NO3/c1-22-18(21)10-12-23-17-9-8-14-5-2-3-7-16(14)19(17)15-6-4-11-20-13-15/h2-13H,1H3/b12-10+. The molecule has 0 amide bonds. The van der Waals surface area contributed by atoms with Crippen LogP contribution in [0.4, 0.5) is 0 Å². The Morgan fingerprint density at radius 1 is 1.09 bits per heavy atom. The second-order valence-corrected chi connectivity index (χ2v) is 4.85. The third-order valence-electron chi connectivity index (χ3n) is 3.44. The summed E-state index contributed by atoms with van der Waals surface area (Å²) in [5.74, 6) is 0.186. The highest BCUT2D eigenvalue weighted by Crippen LogP contribution is 2.36. The van der Waals surface area contributed by atoms with Crippen molar-refractivity contribution in [2.24, 2.45) is 0 Å². The number of aromatic nitrogens is 1. The van der Waals surface area contributed by atoms with Crippen LogP contribution in [0.5, 0.6) is 5.75 Å². The zero-order valence-electron chi connectivity index (χ0n) is 12.6. The number of hydrogen-bond acceptors (Lipinski definition) is 4. The molecule has 0 radical (unpaired) electrons. The lowest BCUT2D eigenvalue weighted by Gasteiger charge is -2.12. The van der Waals surface area contributed by atoms with E-state index in [0.29, 0.717) is 5.75 Å². The minimum atomic E-state index is -0.464. The number of fused-ring (bicyclic) bond motifs is 1. The van der Waals surface area contributed by atoms with Crippen molar-refractivity contribution >= 4 is 16.7 Å². The Hall–Kier alpha value is -3.14. The molecule has 0 unspecified atom stereocenters. The molecular weight excluding hydrogens is 290 g/mol. The van der Waals surface area contributed by atoms with E-state index in [9.17, 15) is 4.79 Å². The van der Waals surface area contributed by atoms with Crippen LogP contribution in [0.15, 0.2) is 73.3 Å². The Morgan fingerprint density at radius 2 is 1.96 bits per heavy atom. The molecule has 4 heteroatoms. The van der Waals surface area contributed by atoms with Gasteiger partial charge in [-0.1, -0.05) is 36.4 Å². The first-order valence-electron chi connectivity index (χ1n) is 7.13. The summed E-state index contributed by atoms with van der Waals surface area (Å²) in [5, 5.41) is 2.17. The van der Waals surface area contributed by atoms with E-state index in [2.05, 4.69) is 9.72 Å². The Kier molecular flexibility index (Phi) is 4.34. The molecule has 4 nitrogen and oxygen atoms in total. The number of hydrogen-bond donors (Lipinski definition) is 0. The molecule has 0 spiro atoms. The van der Waals surface area contributed by atoms with Crippen LogP contribution in [-0.4, -0.2) is 18.1 Å². The monoisotopic (exact) mass is 305 g/mol. The molecule has 114 valence electrons. The zero-order chi connectivity index (χ0) is 16.1. The molecule has 23 heavy (non-hydrogen) atoms. The summed E-state index contributed by atoms with van der Waals surface area (Å²) in [7, 11) is 1.32. The van der Waals surface area contributed by atoms with E-state index in [4.69, 9.17) is 4.74 Å². The summed E-state index contributed by atoms with van der Waals surface area (Å²) in [4.78, 5) is 15.4. The zero-order valence-corrected chi connectivity index (χ0v) is 12.6. The lowest BCUT2D eigenvalue weighted by atomic mass is 9.98. The van der Waals surface area contributed by atoms with Gasteiger partial charge in [-0.05, 0) is 22.9 Å². The second kappa shape index (κ2) is 6.75. The summed E-state index contributed by atoms with van der Waals surface area (Å²) in [6.07, 6.45) is 6.09. The number of carbonyl (C=O) groups excluding carboxylic acids is 1. The van der Waals surface area contributed by atoms with Gasteiger partial charge in [0, 0.05) is 23.5 Å². The van der Waals surface area contributed by atoms with Gasteiger partial charge in [-0.2, -0.15) is 0 Å². The highest BCUT2D eigenvalue weighted by Gasteiger charge is 2.11. The van der Waals surface area contributed by atoms with Crippen LogP contribution < -0.4 is 4.74 Å². The van der Waals surface area contributed by atoms with Crippen molar-refractivity contribution in [1.82, 2.24) is 4.98 Å². The molecule has 0 aliphatic heterocycles. The van der Waals surface area contributed by atoms with Gasteiger partial charge in [0.2, 0.25) is 0 Å². The third kappa shape index (κ3) is 3.21. The smallest absolute Gasteiger partial charge is 0.333 e. The lowest BCUT2D eigenvalue weighted by molar-refractivity contribution is -0.134. The van der Waals surface area contributed by atoms with Gasteiger partial charge >= 0.3 is 5.97 Å². The summed E-state index contributed by atoms with van der Waals surface area (Å²) < 4.78 is 10.2. The maximum atomic E-state index is 11.2. The Labute approximate surface area is 134 Å². The number of benzene rings is 2. The van der Waals surface area contributed by atoms with Crippen LogP contribution >= 0.6 is 0 Å². The first-order valence-corrected chi connectivity index (χ1v) is 7.13. The van der Waals surface area contributed by atoms with Gasteiger partial charge in [-0.25, -0.2) is 4.79 Å². The predicted octanol–water partition coefficient (Wildman–Crippen LogP) is 3.97. The summed E-state index contributed by atoms with van der Waals surface area (Å²) in [6.45, 7) is 0. The molecule has 0 atom stereocenters. The van der Waals surface area contributed by atoms with Crippen molar-refractivity contribution in [3.63, 3.8) is 0 Å². The first kappa shape index (κ1) is 14.8. The maximum Gasteiger partial charge on any atom is 0.333 e. The highest BCUT2D eigenvalue weighted by molar-refractivity contribution is 5.99.